The molecule has 0 saturated carbocycles. The van der Waals surface area contributed by atoms with Crippen LogP contribution in [0.25, 0.3) is 0 Å². The lowest BCUT2D eigenvalue weighted by Gasteiger charge is -2.24. The van der Waals surface area contributed by atoms with Crippen molar-refractivity contribution in [1.29, 1.82) is 5.26 Å². The molecule has 0 aliphatic rings. The van der Waals surface area contributed by atoms with Gasteiger partial charge in [0, 0.05) is 12.1 Å². The number of nitrogens with one attached hydrogen (secondary N) is 1. The van der Waals surface area contributed by atoms with Gasteiger partial charge in [-0.1, -0.05) is 6.07 Å². The van der Waals surface area contributed by atoms with Crippen molar-refractivity contribution >= 4 is 17.2 Å². The first-order valence-electron chi connectivity index (χ1n) is 6.58. The van der Waals surface area contributed by atoms with Crippen molar-refractivity contribution in [1.82, 2.24) is 10.2 Å². The van der Waals surface area contributed by atoms with Gasteiger partial charge in [0.15, 0.2) is 0 Å². The van der Waals surface area contributed by atoms with E-state index in [1.54, 1.807) is 35.6 Å². The van der Waals surface area contributed by atoms with E-state index in [0.29, 0.717) is 17.7 Å². The van der Waals surface area contributed by atoms with Crippen molar-refractivity contribution in [3.05, 3.63) is 57.8 Å². The van der Waals surface area contributed by atoms with Crippen molar-refractivity contribution in [3.63, 3.8) is 0 Å². The molecule has 1 amide bonds. The van der Waals surface area contributed by atoms with E-state index >= 15 is 0 Å². The molecule has 21 heavy (non-hydrogen) atoms. The van der Waals surface area contributed by atoms with E-state index in [4.69, 9.17) is 5.26 Å². The molecule has 0 saturated heterocycles. The van der Waals surface area contributed by atoms with Crippen LogP contribution >= 0.6 is 11.3 Å². The second kappa shape index (κ2) is 7.02. The molecule has 108 valence electrons. The molecule has 0 spiro atoms. The summed E-state index contributed by atoms with van der Waals surface area (Å²) >= 11 is 1.65. The molecule has 5 heteroatoms. The predicted molar refractivity (Wildman–Crippen MR) is 84.2 cm³/mol. The summed E-state index contributed by atoms with van der Waals surface area (Å²) in [4.78, 5) is 14.3. The van der Waals surface area contributed by atoms with E-state index in [0.717, 1.165) is 0 Å². The highest BCUT2D eigenvalue weighted by atomic mass is 32.1. The fourth-order valence-corrected chi connectivity index (χ4v) is 2.79. The summed E-state index contributed by atoms with van der Waals surface area (Å²) in [5, 5.41) is 15.9. The van der Waals surface area contributed by atoms with E-state index in [1.807, 2.05) is 25.5 Å². The first-order valence-corrected chi connectivity index (χ1v) is 7.53. The lowest BCUT2D eigenvalue weighted by molar-refractivity contribution is 0.0942. The maximum atomic E-state index is 12.2. The number of rotatable bonds is 5. The summed E-state index contributed by atoms with van der Waals surface area (Å²) in [5.74, 6) is -0.158. The van der Waals surface area contributed by atoms with Crippen molar-refractivity contribution in [2.24, 2.45) is 0 Å². The summed E-state index contributed by atoms with van der Waals surface area (Å²) in [6.07, 6.45) is 0. The fourth-order valence-electron chi connectivity index (χ4n) is 2.08. The number of carbonyl (C=O) groups excluding carboxylic acids is 1. The number of benzene rings is 1. The van der Waals surface area contributed by atoms with Crippen molar-refractivity contribution in [2.75, 3.05) is 20.6 Å². The second-order valence-corrected chi connectivity index (χ2v) is 5.72. The Balaban J connectivity index is 2.04. The van der Waals surface area contributed by atoms with Gasteiger partial charge in [0.2, 0.25) is 0 Å². The number of amides is 1. The zero-order valence-corrected chi connectivity index (χ0v) is 12.9. The second-order valence-electron chi connectivity index (χ2n) is 4.94. The number of likely N-dealkylation sites (N-methyl/N-ethyl adjacent to an activating group) is 1. The Labute approximate surface area is 128 Å². The summed E-state index contributed by atoms with van der Waals surface area (Å²) in [6.45, 7) is 0.527. The van der Waals surface area contributed by atoms with Crippen LogP contribution in [0, 0.1) is 11.3 Å². The van der Waals surface area contributed by atoms with Crippen molar-refractivity contribution < 1.29 is 4.79 Å². The smallest absolute Gasteiger partial charge is 0.251 e. The van der Waals surface area contributed by atoms with E-state index in [-0.39, 0.29) is 11.9 Å². The quantitative estimate of drug-likeness (QED) is 0.923. The van der Waals surface area contributed by atoms with E-state index in [2.05, 4.69) is 21.7 Å². The number of thiophene rings is 1. The molecular formula is C16H17N3OS. The highest BCUT2D eigenvalue weighted by molar-refractivity contribution is 7.07. The number of nitriles is 1. The van der Waals surface area contributed by atoms with Gasteiger partial charge >= 0.3 is 0 Å². The third-order valence-electron chi connectivity index (χ3n) is 3.26. The zero-order valence-electron chi connectivity index (χ0n) is 12.0. The van der Waals surface area contributed by atoms with Crippen LogP contribution in [0.15, 0.2) is 41.1 Å². The van der Waals surface area contributed by atoms with Gasteiger partial charge in [-0.25, -0.2) is 0 Å². The maximum Gasteiger partial charge on any atom is 0.251 e. The maximum absolute atomic E-state index is 12.2. The molecule has 0 bridgehead atoms. The Morgan fingerprint density at radius 1 is 1.43 bits per heavy atom. The van der Waals surface area contributed by atoms with Crippen LogP contribution in [-0.4, -0.2) is 31.4 Å². The molecule has 1 atom stereocenters. The number of carbonyl (C=O) groups is 1. The molecular weight excluding hydrogens is 282 g/mol. The zero-order chi connectivity index (χ0) is 15.2. The average molecular weight is 299 g/mol. The van der Waals surface area contributed by atoms with Crippen LogP contribution in [-0.2, 0) is 0 Å². The van der Waals surface area contributed by atoms with E-state index in [9.17, 15) is 4.79 Å². The first-order chi connectivity index (χ1) is 10.1. The number of nitrogens with zero attached hydrogens (tertiary/aromatic N) is 2. The third-order valence-corrected chi connectivity index (χ3v) is 3.96. The highest BCUT2D eigenvalue weighted by Gasteiger charge is 2.16. The molecule has 4 nitrogen and oxygen atoms in total. The molecule has 1 aromatic carbocycles. The van der Waals surface area contributed by atoms with Gasteiger partial charge in [0.05, 0.1) is 17.7 Å². The Morgan fingerprint density at radius 3 is 2.86 bits per heavy atom. The van der Waals surface area contributed by atoms with Crippen molar-refractivity contribution in [2.45, 2.75) is 6.04 Å². The largest absolute Gasteiger partial charge is 0.350 e. The topological polar surface area (TPSA) is 56.1 Å². The molecule has 2 rings (SSSR count). The van der Waals surface area contributed by atoms with Crippen molar-refractivity contribution in [3.8, 4) is 6.07 Å². The predicted octanol–water partition coefficient (Wildman–Crippen LogP) is 2.65. The minimum Gasteiger partial charge on any atom is -0.350 e. The average Bonchev–Trinajstić information content (AvgIpc) is 3.01. The minimum atomic E-state index is -0.158. The Morgan fingerprint density at radius 2 is 2.24 bits per heavy atom. The lowest BCUT2D eigenvalue weighted by Crippen LogP contribution is -2.34. The number of hydrogen-bond donors (Lipinski definition) is 1. The summed E-state index contributed by atoms with van der Waals surface area (Å²) in [6, 6.07) is 11.0. The van der Waals surface area contributed by atoms with Gasteiger partial charge in [0.1, 0.15) is 0 Å². The van der Waals surface area contributed by atoms with Gasteiger partial charge in [-0.05, 0) is 54.7 Å². The monoisotopic (exact) mass is 299 g/mol. The Bertz CT molecular complexity index is 644. The standard InChI is InChI=1S/C16H17N3OS/c1-19(2)15(14-6-7-21-11-14)10-18-16(20)13-5-3-4-12(8-13)9-17/h3-8,11,15H,10H2,1-2H3,(H,18,20)/t15-/m1/s1. The molecule has 0 aliphatic heterocycles. The molecule has 2 aromatic rings. The van der Waals surface area contributed by atoms with Gasteiger partial charge < -0.3 is 10.2 Å². The molecule has 0 radical (unpaired) electrons. The molecule has 0 fully saturated rings. The Hall–Kier alpha value is -2.16. The van der Waals surface area contributed by atoms with E-state index < -0.39 is 0 Å². The molecule has 1 aromatic heterocycles. The number of hydrogen-bond acceptors (Lipinski definition) is 4. The summed E-state index contributed by atoms with van der Waals surface area (Å²) in [7, 11) is 3.98. The van der Waals surface area contributed by atoms with Gasteiger partial charge in [-0.3, -0.25) is 4.79 Å². The van der Waals surface area contributed by atoms with Crippen LogP contribution in [0.3, 0.4) is 0 Å². The highest BCUT2D eigenvalue weighted by Crippen LogP contribution is 2.20. The third kappa shape index (κ3) is 3.91. The molecule has 1 heterocycles. The minimum absolute atomic E-state index is 0.138. The van der Waals surface area contributed by atoms with Crippen LogP contribution in [0.4, 0.5) is 0 Å². The normalized spacial score (nSPS) is 11.9. The van der Waals surface area contributed by atoms with Crippen LogP contribution < -0.4 is 5.32 Å². The first kappa shape index (κ1) is 15.2. The van der Waals surface area contributed by atoms with Crippen LogP contribution in [0.5, 0.6) is 0 Å². The summed E-state index contributed by atoms with van der Waals surface area (Å²) < 4.78 is 0. The van der Waals surface area contributed by atoms with E-state index in [1.165, 1.54) is 5.56 Å². The molecule has 0 unspecified atom stereocenters. The van der Waals surface area contributed by atoms with Crippen LogP contribution in [0.2, 0.25) is 0 Å². The van der Waals surface area contributed by atoms with Gasteiger partial charge in [-0.2, -0.15) is 16.6 Å². The van der Waals surface area contributed by atoms with Gasteiger partial charge in [-0.15, -0.1) is 0 Å². The van der Waals surface area contributed by atoms with Crippen LogP contribution in [0.1, 0.15) is 27.5 Å². The van der Waals surface area contributed by atoms with Gasteiger partial charge in [0.25, 0.3) is 5.91 Å². The Kier molecular flexibility index (Phi) is 5.09. The summed E-state index contributed by atoms with van der Waals surface area (Å²) in [5.41, 5.74) is 2.19. The fraction of sp³-hybridized carbons (Fsp3) is 0.250. The molecule has 0 aliphatic carbocycles. The lowest BCUT2D eigenvalue weighted by atomic mass is 10.1. The molecule has 1 N–H and O–H groups in total. The SMILES string of the molecule is CN(C)[C@H](CNC(=O)c1cccc(C#N)c1)c1ccsc1.